The lowest BCUT2D eigenvalue weighted by atomic mass is 9.78. The van der Waals surface area contributed by atoms with Crippen molar-refractivity contribution < 1.29 is 19.5 Å². The first-order chi connectivity index (χ1) is 13.9. The van der Waals surface area contributed by atoms with Crippen LogP contribution in [-0.2, 0) is 20.8 Å². The highest BCUT2D eigenvalue weighted by Gasteiger charge is 2.35. The molecule has 1 aliphatic rings. The third-order valence-corrected chi connectivity index (χ3v) is 5.40. The van der Waals surface area contributed by atoms with Crippen molar-refractivity contribution in [2.75, 3.05) is 10.6 Å². The number of carbonyl (C=O) groups excluding carboxylic acids is 2. The van der Waals surface area contributed by atoms with Crippen molar-refractivity contribution >= 4 is 29.2 Å². The van der Waals surface area contributed by atoms with Crippen molar-refractivity contribution in [3.05, 3.63) is 59.7 Å². The Labute approximate surface area is 170 Å². The van der Waals surface area contributed by atoms with Crippen molar-refractivity contribution in [1.29, 1.82) is 0 Å². The topological polar surface area (TPSA) is 95.5 Å². The van der Waals surface area contributed by atoms with Crippen LogP contribution in [0.4, 0.5) is 11.4 Å². The third-order valence-electron chi connectivity index (χ3n) is 5.40. The van der Waals surface area contributed by atoms with Gasteiger partial charge < -0.3 is 15.7 Å². The molecule has 1 aliphatic carbocycles. The Bertz CT molecular complexity index is 895. The summed E-state index contributed by atoms with van der Waals surface area (Å²) in [4.78, 5) is 36.3. The molecule has 2 amide bonds. The molecule has 3 rings (SSSR count). The largest absolute Gasteiger partial charge is 0.481 e. The first-order valence-corrected chi connectivity index (χ1v) is 9.92. The van der Waals surface area contributed by atoms with Crippen LogP contribution in [0.25, 0.3) is 0 Å². The van der Waals surface area contributed by atoms with Crippen LogP contribution in [-0.4, -0.2) is 22.9 Å². The van der Waals surface area contributed by atoms with Crippen molar-refractivity contribution in [2.45, 2.75) is 39.0 Å². The number of amides is 2. The Morgan fingerprint density at radius 2 is 1.66 bits per heavy atom. The number of benzene rings is 2. The smallest absolute Gasteiger partial charge is 0.307 e. The summed E-state index contributed by atoms with van der Waals surface area (Å²) in [6, 6.07) is 14.8. The summed E-state index contributed by atoms with van der Waals surface area (Å²) in [5, 5.41) is 15.1. The normalized spacial score (nSPS) is 18.7. The van der Waals surface area contributed by atoms with Crippen molar-refractivity contribution in [2.24, 2.45) is 11.8 Å². The number of carbonyl (C=O) groups is 3. The van der Waals surface area contributed by atoms with Gasteiger partial charge in [-0.25, -0.2) is 0 Å². The summed E-state index contributed by atoms with van der Waals surface area (Å²) in [6.45, 7) is 1.86. The molecular weight excluding hydrogens is 368 g/mol. The van der Waals surface area contributed by atoms with Crippen molar-refractivity contribution in [3.63, 3.8) is 0 Å². The maximum Gasteiger partial charge on any atom is 0.307 e. The number of anilines is 2. The lowest BCUT2D eigenvalue weighted by molar-refractivity contribution is -0.147. The van der Waals surface area contributed by atoms with E-state index in [2.05, 4.69) is 10.6 Å². The lowest BCUT2D eigenvalue weighted by Gasteiger charge is -2.27. The van der Waals surface area contributed by atoms with E-state index in [0.717, 1.165) is 24.0 Å². The zero-order chi connectivity index (χ0) is 20.8. The summed E-state index contributed by atoms with van der Waals surface area (Å²) < 4.78 is 0. The zero-order valence-electron chi connectivity index (χ0n) is 16.5. The highest BCUT2D eigenvalue weighted by molar-refractivity contribution is 5.96. The van der Waals surface area contributed by atoms with Crippen molar-refractivity contribution in [3.8, 4) is 0 Å². The van der Waals surface area contributed by atoms with Gasteiger partial charge in [0.2, 0.25) is 11.8 Å². The molecule has 2 aromatic rings. The summed E-state index contributed by atoms with van der Waals surface area (Å²) >= 11 is 0. The Kier molecular flexibility index (Phi) is 6.65. The fourth-order valence-electron chi connectivity index (χ4n) is 3.83. The Balaban J connectivity index is 1.62. The maximum atomic E-state index is 12.6. The second-order valence-corrected chi connectivity index (χ2v) is 7.57. The van der Waals surface area contributed by atoms with E-state index in [1.165, 1.54) is 0 Å². The molecule has 6 heteroatoms. The average Bonchev–Trinajstić information content (AvgIpc) is 2.70. The van der Waals surface area contributed by atoms with Gasteiger partial charge in [0.1, 0.15) is 0 Å². The van der Waals surface area contributed by atoms with Crippen LogP contribution in [0.3, 0.4) is 0 Å². The van der Waals surface area contributed by atoms with Crippen LogP contribution in [0.1, 0.15) is 36.8 Å². The molecule has 0 heterocycles. The predicted molar refractivity (Wildman–Crippen MR) is 112 cm³/mol. The second-order valence-electron chi connectivity index (χ2n) is 7.57. The van der Waals surface area contributed by atoms with Gasteiger partial charge in [-0.15, -0.1) is 0 Å². The third kappa shape index (κ3) is 5.44. The van der Waals surface area contributed by atoms with E-state index in [-0.39, 0.29) is 18.2 Å². The number of hydrogen-bond donors (Lipinski definition) is 3. The molecule has 0 aliphatic heterocycles. The van der Waals surface area contributed by atoms with Gasteiger partial charge >= 0.3 is 5.97 Å². The SMILES string of the molecule is Cc1cc(NC(=O)[C@H]2CCCC[C@@H]2C(=O)O)ccc1NC(=O)Cc1ccccc1. The van der Waals surface area contributed by atoms with Crippen molar-refractivity contribution in [1.82, 2.24) is 0 Å². The summed E-state index contributed by atoms with van der Waals surface area (Å²) in [7, 11) is 0. The fraction of sp³-hybridized carbons (Fsp3) is 0.348. The van der Waals surface area contributed by atoms with Crippen LogP contribution in [0.5, 0.6) is 0 Å². The zero-order valence-corrected chi connectivity index (χ0v) is 16.5. The molecule has 2 atom stereocenters. The highest BCUT2D eigenvalue weighted by Crippen LogP contribution is 2.31. The highest BCUT2D eigenvalue weighted by atomic mass is 16.4. The van der Waals surface area contributed by atoms with E-state index in [0.29, 0.717) is 24.2 Å². The molecule has 0 aromatic heterocycles. The minimum absolute atomic E-state index is 0.109. The number of carboxylic acid groups (broad SMARTS) is 1. The van der Waals surface area contributed by atoms with Crippen LogP contribution >= 0.6 is 0 Å². The molecule has 29 heavy (non-hydrogen) atoms. The Morgan fingerprint density at radius 3 is 2.31 bits per heavy atom. The number of carboxylic acids is 1. The van der Waals surface area contributed by atoms with Crippen LogP contribution in [0.15, 0.2) is 48.5 Å². The van der Waals surface area contributed by atoms with Gasteiger partial charge in [0.25, 0.3) is 0 Å². The summed E-state index contributed by atoms with van der Waals surface area (Å²) in [6.07, 6.45) is 3.13. The monoisotopic (exact) mass is 394 g/mol. The van der Waals surface area contributed by atoms with E-state index >= 15 is 0 Å². The molecule has 3 N–H and O–H groups in total. The fourth-order valence-corrected chi connectivity index (χ4v) is 3.83. The number of aryl methyl sites for hydroxylation is 1. The minimum Gasteiger partial charge on any atom is -0.481 e. The molecule has 1 saturated carbocycles. The molecule has 0 radical (unpaired) electrons. The quantitative estimate of drug-likeness (QED) is 0.690. The van der Waals surface area contributed by atoms with Gasteiger partial charge in [-0.2, -0.15) is 0 Å². The maximum absolute atomic E-state index is 12.6. The van der Waals surface area contributed by atoms with Gasteiger partial charge in [-0.05, 0) is 49.1 Å². The van der Waals surface area contributed by atoms with E-state index in [4.69, 9.17) is 0 Å². The van der Waals surface area contributed by atoms with E-state index in [1.807, 2.05) is 37.3 Å². The average molecular weight is 394 g/mol. The van der Waals surface area contributed by atoms with Crippen LogP contribution < -0.4 is 10.6 Å². The molecule has 1 fully saturated rings. The number of aliphatic carboxylic acids is 1. The molecule has 0 saturated heterocycles. The number of nitrogens with one attached hydrogen (secondary N) is 2. The second kappa shape index (κ2) is 9.37. The number of rotatable bonds is 6. The summed E-state index contributed by atoms with van der Waals surface area (Å²) in [5.74, 6) is -2.40. The first kappa shape index (κ1) is 20.6. The first-order valence-electron chi connectivity index (χ1n) is 9.92. The molecule has 0 bridgehead atoms. The number of hydrogen-bond acceptors (Lipinski definition) is 3. The molecule has 2 aromatic carbocycles. The predicted octanol–water partition coefficient (Wildman–Crippen LogP) is 4.01. The molecule has 152 valence electrons. The van der Waals surface area contributed by atoms with Gasteiger partial charge in [-0.3, -0.25) is 14.4 Å². The summed E-state index contributed by atoms with van der Waals surface area (Å²) in [5.41, 5.74) is 3.04. The van der Waals surface area contributed by atoms with Gasteiger partial charge in [0.15, 0.2) is 0 Å². The van der Waals surface area contributed by atoms with E-state index in [1.54, 1.807) is 18.2 Å². The molecular formula is C23H26N2O4. The van der Waals surface area contributed by atoms with Gasteiger partial charge in [0.05, 0.1) is 18.3 Å². The molecule has 0 unspecified atom stereocenters. The lowest BCUT2D eigenvalue weighted by Crippen LogP contribution is -2.36. The van der Waals surface area contributed by atoms with Crippen LogP contribution in [0, 0.1) is 18.8 Å². The van der Waals surface area contributed by atoms with E-state index in [9.17, 15) is 19.5 Å². The molecule has 0 spiro atoms. The molecule has 6 nitrogen and oxygen atoms in total. The van der Waals surface area contributed by atoms with Crippen LogP contribution in [0.2, 0.25) is 0 Å². The van der Waals surface area contributed by atoms with Gasteiger partial charge in [-0.1, -0.05) is 43.2 Å². The Morgan fingerprint density at radius 1 is 0.966 bits per heavy atom. The van der Waals surface area contributed by atoms with E-state index < -0.39 is 17.8 Å². The minimum atomic E-state index is -0.905. The standard InChI is InChI=1S/C23H26N2O4/c1-15-13-17(24-22(27)18-9-5-6-10-19(18)23(28)29)11-12-20(15)25-21(26)14-16-7-3-2-4-8-16/h2-4,7-8,11-13,18-19H,5-6,9-10,14H2,1H3,(H,24,27)(H,25,26)(H,28,29)/t18-,19-/m0/s1. The Hall–Kier alpha value is -3.15. The van der Waals surface area contributed by atoms with Gasteiger partial charge in [0, 0.05) is 11.4 Å².